The molecule has 1 aliphatic heterocycles. The lowest BCUT2D eigenvalue weighted by Crippen LogP contribution is -2.43. The normalized spacial score (nSPS) is 14.9. The monoisotopic (exact) mass is 491 g/mol. The number of rotatable bonds is 22. The molecule has 0 saturated carbocycles. The van der Waals surface area contributed by atoms with E-state index in [1.54, 1.807) is 4.58 Å². The van der Waals surface area contributed by atoms with Crippen LogP contribution < -0.4 is 21.1 Å². The van der Waals surface area contributed by atoms with Gasteiger partial charge in [0.05, 0.1) is 6.17 Å². The van der Waals surface area contributed by atoms with E-state index in [9.17, 15) is 9.90 Å². The first-order chi connectivity index (χ1) is 17.0. The van der Waals surface area contributed by atoms with Gasteiger partial charge in [0.15, 0.2) is 6.54 Å². The molecule has 1 rings (SSSR count). The molecule has 7 nitrogen and oxygen atoms in total. The summed E-state index contributed by atoms with van der Waals surface area (Å²) in [5.41, 5.74) is 0.805. The van der Waals surface area contributed by atoms with E-state index < -0.39 is 5.97 Å². The summed E-state index contributed by atoms with van der Waals surface area (Å²) in [6.45, 7) is 12.8. The van der Waals surface area contributed by atoms with Crippen LogP contribution in [-0.4, -0.2) is 79.7 Å². The molecule has 0 fully saturated rings. The van der Waals surface area contributed by atoms with E-state index in [0.717, 1.165) is 57.8 Å². The van der Waals surface area contributed by atoms with Gasteiger partial charge in [-0.3, -0.25) is 0 Å². The van der Waals surface area contributed by atoms with Crippen LogP contribution >= 0.6 is 0 Å². The van der Waals surface area contributed by atoms with Crippen molar-refractivity contribution in [3.63, 3.8) is 0 Å². The van der Waals surface area contributed by atoms with E-state index in [2.05, 4.69) is 46.7 Å². The third-order valence-corrected chi connectivity index (χ3v) is 6.56. The molecule has 0 aromatic rings. The van der Waals surface area contributed by atoms with Gasteiger partial charge in [-0.05, 0) is 32.9 Å². The van der Waals surface area contributed by atoms with E-state index in [-0.39, 0.29) is 6.54 Å². The minimum absolute atomic E-state index is 0.0775. The van der Waals surface area contributed by atoms with Crippen LogP contribution in [0.1, 0.15) is 97.8 Å². The largest absolute Gasteiger partial charge is 0.544 e. The second-order valence-electron chi connectivity index (χ2n) is 9.87. The quantitative estimate of drug-likeness (QED) is 0.0933. The van der Waals surface area contributed by atoms with Gasteiger partial charge >= 0.3 is 0 Å². The molecule has 0 saturated heterocycles. The molecule has 3 N–H and O–H groups in total. The number of nitrogens with one attached hydrogen (secondary N) is 3. The number of aliphatic carboxylic acids is 1. The van der Waals surface area contributed by atoms with E-state index in [4.69, 9.17) is 0 Å². The molecule has 1 heterocycles. The van der Waals surface area contributed by atoms with Crippen molar-refractivity contribution in [1.82, 2.24) is 20.9 Å². The number of carbonyl (C=O) groups is 1. The summed E-state index contributed by atoms with van der Waals surface area (Å²) in [7, 11) is 0. The Labute approximate surface area is 215 Å². The summed E-state index contributed by atoms with van der Waals surface area (Å²) in [5.74, 6) is 2.04. The van der Waals surface area contributed by atoms with Crippen molar-refractivity contribution in [2.75, 3.05) is 52.4 Å². The molecular weight excluding hydrogens is 438 g/mol. The average Bonchev–Trinajstić information content (AvgIpc) is 2.82. The topological polar surface area (TPSA) is 82.5 Å². The zero-order valence-electron chi connectivity index (χ0n) is 22.9. The van der Waals surface area contributed by atoms with Gasteiger partial charge in [0, 0.05) is 51.5 Å². The SMILES string of the molecule is CCCCCCCCCCCCNC(C)NCCNCCCN1C#CC(C)=[N+](CC(=O)[O-])CCC1. The number of hydrogen-bond donors (Lipinski definition) is 3. The van der Waals surface area contributed by atoms with E-state index in [1.807, 2.05) is 6.92 Å². The van der Waals surface area contributed by atoms with Crippen LogP contribution in [0.3, 0.4) is 0 Å². The molecule has 0 aromatic heterocycles. The van der Waals surface area contributed by atoms with E-state index >= 15 is 0 Å². The van der Waals surface area contributed by atoms with Crippen LogP contribution in [0.25, 0.3) is 0 Å². The van der Waals surface area contributed by atoms with Gasteiger partial charge in [0.25, 0.3) is 0 Å². The number of hydrogen-bond acceptors (Lipinski definition) is 6. The third-order valence-electron chi connectivity index (χ3n) is 6.56. The van der Waals surface area contributed by atoms with Gasteiger partial charge in [-0.25, -0.2) is 4.58 Å². The molecule has 7 heteroatoms. The molecular formula is C28H53N5O2. The van der Waals surface area contributed by atoms with Gasteiger partial charge in [-0.1, -0.05) is 64.7 Å². The maximum Gasteiger partial charge on any atom is 0.226 e. The minimum Gasteiger partial charge on any atom is -0.544 e. The Kier molecular flexibility index (Phi) is 19.4. The summed E-state index contributed by atoms with van der Waals surface area (Å²) in [4.78, 5) is 13.0. The van der Waals surface area contributed by atoms with Crippen molar-refractivity contribution in [3.05, 3.63) is 0 Å². The zero-order valence-corrected chi connectivity index (χ0v) is 22.9. The molecule has 0 amide bonds. The lowest BCUT2D eigenvalue weighted by Gasteiger charge is -2.19. The summed E-state index contributed by atoms with van der Waals surface area (Å²) >= 11 is 0. The number of carboxylic acids is 1. The highest BCUT2D eigenvalue weighted by Crippen LogP contribution is 2.10. The fourth-order valence-corrected chi connectivity index (χ4v) is 4.34. The second-order valence-corrected chi connectivity index (χ2v) is 9.87. The zero-order chi connectivity index (χ0) is 25.6. The summed E-state index contributed by atoms with van der Waals surface area (Å²) < 4.78 is 1.79. The first-order valence-electron chi connectivity index (χ1n) is 14.2. The number of unbranched alkanes of at least 4 members (excludes halogenated alkanes) is 9. The van der Waals surface area contributed by atoms with Crippen molar-refractivity contribution in [1.29, 1.82) is 0 Å². The van der Waals surface area contributed by atoms with Crippen molar-refractivity contribution in [2.24, 2.45) is 0 Å². The minimum atomic E-state index is -1.05. The van der Waals surface area contributed by atoms with Crippen molar-refractivity contribution < 1.29 is 14.5 Å². The summed E-state index contributed by atoms with van der Waals surface area (Å²) in [5, 5.41) is 21.5. The van der Waals surface area contributed by atoms with E-state index in [1.165, 1.54) is 64.2 Å². The standard InChI is InChI=1S/C28H53N5O2/c1-4-5-6-7-8-9-10-11-12-13-18-30-27(3)31-20-19-29-17-14-21-32-22-15-23-33(25-28(34)35)26(2)16-24-32/h27,29-31H,4-15,17-23,25H2,1-3H3. The molecule has 0 bridgehead atoms. The van der Waals surface area contributed by atoms with Crippen LogP contribution in [0.15, 0.2) is 0 Å². The average molecular weight is 492 g/mol. The van der Waals surface area contributed by atoms with Crippen molar-refractivity contribution >= 4 is 11.7 Å². The van der Waals surface area contributed by atoms with Gasteiger partial charge < -0.3 is 30.8 Å². The molecule has 1 atom stereocenters. The molecule has 0 aromatic carbocycles. The number of carbonyl (C=O) groups excluding carboxylic acids is 1. The van der Waals surface area contributed by atoms with Crippen molar-refractivity contribution in [2.45, 2.75) is 104 Å². The fourth-order valence-electron chi connectivity index (χ4n) is 4.34. The molecule has 0 spiro atoms. The molecule has 1 aliphatic rings. The van der Waals surface area contributed by atoms with Crippen LogP contribution in [0, 0.1) is 12.0 Å². The van der Waals surface area contributed by atoms with Crippen LogP contribution in [0.4, 0.5) is 0 Å². The third kappa shape index (κ3) is 18.3. The van der Waals surface area contributed by atoms with Crippen LogP contribution in [0.2, 0.25) is 0 Å². The maximum atomic E-state index is 10.9. The summed E-state index contributed by atoms with van der Waals surface area (Å²) in [6, 6.07) is 3.18. The first kappa shape index (κ1) is 31.4. The molecule has 0 radical (unpaired) electrons. The Morgan fingerprint density at radius 3 is 2.31 bits per heavy atom. The Bertz CT molecular complexity index is 641. The van der Waals surface area contributed by atoms with Gasteiger partial charge in [0.2, 0.25) is 5.71 Å². The fraction of sp³-hybridized carbons (Fsp3) is 0.857. The Morgan fingerprint density at radius 1 is 0.971 bits per heavy atom. The summed E-state index contributed by atoms with van der Waals surface area (Å²) in [6.07, 6.45) is 16.1. The Morgan fingerprint density at radius 2 is 1.63 bits per heavy atom. The lowest BCUT2D eigenvalue weighted by atomic mass is 10.1. The molecule has 35 heavy (non-hydrogen) atoms. The van der Waals surface area contributed by atoms with E-state index in [0.29, 0.717) is 12.7 Å². The van der Waals surface area contributed by atoms with Crippen molar-refractivity contribution in [3.8, 4) is 12.0 Å². The maximum absolute atomic E-state index is 10.9. The highest BCUT2D eigenvalue weighted by atomic mass is 16.4. The molecule has 0 aliphatic carbocycles. The molecule has 1 unspecified atom stereocenters. The Balaban J connectivity index is 1.95. The van der Waals surface area contributed by atoms with Gasteiger partial charge in [-0.15, -0.1) is 0 Å². The highest BCUT2D eigenvalue weighted by Gasteiger charge is 2.13. The lowest BCUT2D eigenvalue weighted by molar-refractivity contribution is -0.528. The van der Waals surface area contributed by atoms with Crippen LogP contribution in [0.5, 0.6) is 0 Å². The highest BCUT2D eigenvalue weighted by molar-refractivity contribution is 5.94. The predicted octanol–water partition coefficient (Wildman–Crippen LogP) is 2.30. The first-order valence-corrected chi connectivity index (χ1v) is 14.2. The number of nitrogens with zero attached hydrogens (tertiary/aromatic N) is 2. The van der Waals surface area contributed by atoms with Gasteiger partial charge in [0.1, 0.15) is 12.5 Å². The second kappa shape index (κ2) is 21.6. The predicted molar refractivity (Wildman–Crippen MR) is 144 cm³/mol. The Hall–Kier alpha value is -1.62. The number of carboxylic acid groups (broad SMARTS) is 1. The molecule has 202 valence electrons. The smallest absolute Gasteiger partial charge is 0.226 e. The van der Waals surface area contributed by atoms with Gasteiger partial charge in [-0.2, -0.15) is 0 Å². The van der Waals surface area contributed by atoms with Crippen LogP contribution in [-0.2, 0) is 4.79 Å².